The number of aromatic amines is 1. The van der Waals surface area contributed by atoms with Crippen molar-refractivity contribution in [3.05, 3.63) is 74.9 Å². The van der Waals surface area contributed by atoms with Gasteiger partial charge in [-0.15, -0.1) is 0 Å². The lowest BCUT2D eigenvalue weighted by atomic mass is 10.1. The maximum absolute atomic E-state index is 13.0. The van der Waals surface area contributed by atoms with Crippen molar-refractivity contribution in [1.82, 2.24) is 19.1 Å². The second-order valence-corrected chi connectivity index (χ2v) is 7.76. The van der Waals surface area contributed by atoms with E-state index in [2.05, 4.69) is 4.98 Å². The Labute approximate surface area is 195 Å². The number of methoxy groups -OCH3 is 1. The zero-order valence-corrected chi connectivity index (χ0v) is 19.1. The molecule has 34 heavy (non-hydrogen) atoms. The quantitative estimate of drug-likeness (QED) is 0.411. The first-order valence-corrected chi connectivity index (χ1v) is 11.0. The molecule has 174 valence electrons. The molecule has 0 saturated heterocycles. The van der Waals surface area contributed by atoms with Gasteiger partial charge in [0, 0.05) is 18.7 Å². The molecule has 0 fully saturated rings. The number of H-pyrrole nitrogens is 1. The van der Waals surface area contributed by atoms with Crippen molar-refractivity contribution in [2.75, 3.05) is 13.7 Å². The van der Waals surface area contributed by atoms with Gasteiger partial charge in [0.25, 0.3) is 5.56 Å². The third kappa shape index (κ3) is 4.43. The van der Waals surface area contributed by atoms with Gasteiger partial charge >= 0.3 is 5.69 Å². The third-order valence-corrected chi connectivity index (χ3v) is 5.52. The second-order valence-electron chi connectivity index (χ2n) is 7.76. The number of unbranched alkanes of at least 4 members (excludes halogenated alkanes) is 1. The highest BCUT2D eigenvalue weighted by Gasteiger charge is 2.21. The minimum absolute atomic E-state index is 0.110. The number of nitrogens with zero attached hydrogens (tertiary/aromatic N) is 4. The number of aromatic nitrogens is 4. The molecular weight excluding hydrogens is 434 g/mol. The molecule has 0 unspecified atom stereocenters. The lowest BCUT2D eigenvalue weighted by Gasteiger charge is -2.12. The van der Waals surface area contributed by atoms with E-state index in [1.165, 1.54) is 11.7 Å². The highest BCUT2D eigenvalue weighted by atomic mass is 16.5. The van der Waals surface area contributed by atoms with Gasteiger partial charge in [-0.3, -0.25) is 14.3 Å². The van der Waals surface area contributed by atoms with Crippen LogP contribution >= 0.6 is 0 Å². The molecule has 4 aromatic rings. The van der Waals surface area contributed by atoms with E-state index in [1.807, 2.05) is 47.9 Å². The summed E-state index contributed by atoms with van der Waals surface area (Å²) < 4.78 is 14.2. The number of hydrogen-bond donors (Lipinski definition) is 1. The number of hydrogen-bond acceptors (Lipinski definition) is 6. The van der Waals surface area contributed by atoms with Crippen LogP contribution in [0.15, 0.2) is 58.1 Å². The molecule has 0 atom stereocenters. The molecule has 2 aromatic heterocycles. The number of aryl methyl sites for hydroxylation is 1. The van der Waals surface area contributed by atoms with E-state index in [0.29, 0.717) is 47.1 Å². The Hall–Kier alpha value is -4.32. The Morgan fingerprint density at radius 1 is 1.09 bits per heavy atom. The largest absolute Gasteiger partial charge is 0.493 e. The van der Waals surface area contributed by atoms with Gasteiger partial charge in [0.05, 0.1) is 7.11 Å². The average Bonchev–Trinajstić information content (AvgIpc) is 3.22. The molecule has 9 nitrogen and oxygen atoms in total. The number of nitriles is 1. The molecule has 0 amide bonds. The molecule has 0 aliphatic carbocycles. The van der Waals surface area contributed by atoms with Crippen LogP contribution in [0.5, 0.6) is 11.5 Å². The molecule has 0 aliphatic heterocycles. The van der Waals surface area contributed by atoms with Crippen LogP contribution in [0.3, 0.4) is 0 Å². The van der Waals surface area contributed by atoms with Gasteiger partial charge in [-0.25, -0.2) is 9.78 Å². The van der Waals surface area contributed by atoms with Gasteiger partial charge in [0.2, 0.25) is 0 Å². The van der Waals surface area contributed by atoms with Crippen molar-refractivity contribution in [1.29, 1.82) is 5.26 Å². The normalized spacial score (nSPS) is 10.9. The van der Waals surface area contributed by atoms with Crippen molar-refractivity contribution in [2.24, 2.45) is 0 Å². The van der Waals surface area contributed by atoms with Gasteiger partial charge in [-0.05, 0) is 30.2 Å². The summed E-state index contributed by atoms with van der Waals surface area (Å²) in [4.78, 5) is 32.8. The number of rotatable bonds is 9. The average molecular weight is 460 g/mol. The lowest BCUT2D eigenvalue weighted by molar-refractivity contribution is 0.330. The lowest BCUT2D eigenvalue weighted by Crippen LogP contribution is -2.31. The van der Waals surface area contributed by atoms with Crippen LogP contribution in [0.2, 0.25) is 0 Å². The molecule has 1 N–H and O–H groups in total. The molecule has 4 rings (SSSR count). The molecular formula is C25H25N5O4. The van der Waals surface area contributed by atoms with Gasteiger partial charge in [0.15, 0.2) is 29.3 Å². The summed E-state index contributed by atoms with van der Waals surface area (Å²) in [5, 5.41) is 8.83. The van der Waals surface area contributed by atoms with E-state index in [4.69, 9.17) is 19.7 Å². The predicted octanol–water partition coefficient (Wildman–Crippen LogP) is 3.31. The Balaban J connectivity index is 1.96. The topological polar surface area (TPSA) is 115 Å². The van der Waals surface area contributed by atoms with Gasteiger partial charge in [-0.1, -0.05) is 43.7 Å². The zero-order valence-electron chi connectivity index (χ0n) is 19.1. The maximum Gasteiger partial charge on any atom is 0.330 e. The Morgan fingerprint density at radius 3 is 2.59 bits per heavy atom. The summed E-state index contributed by atoms with van der Waals surface area (Å²) in [7, 11) is 1.51. The van der Waals surface area contributed by atoms with Crippen molar-refractivity contribution < 1.29 is 9.47 Å². The predicted molar refractivity (Wildman–Crippen MR) is 128 cm³/mol. The van der Waals surface area contributed by atoms with E-state index in [1.54, 1.807) is 18.2 Å². The summed E-state index contributed by atoms with van der Waals surface area (Å²) in [6, 6.07) is 16.9. The Morgan fingerprint density at radius 2 is 1.88 bits per heavy atom. The summed E-state index contributed by atoms with van der Waals surface area (Å²) >= 11 is 0. The highest BCUT2D eigenvalue weighted by molar-refractivity contribution is 5.78. The van der Waals surface area contributed by atoms with Gasteiger partial charge < -0.3 is 14.0 Å². The van der Waals surface area contributed by atoms with E-state index < -0.39 is 11.2 Å². The second kappa shape index (κ2) is 10.1. The van der Waals surface area contributed by atoms with Crippen LogP contribution < -0.4 is 20.7 Å². The first kappa shape index (κ1) is 22.9. The van der Waals surface area contributed by atoms with E-state index in [-0.39, 0.29) is 6.61 Å². The van der Waals surface area contributed by atoms with Gasteiger partial charge in [0.1, 0.15) is 11.9 Å². The first-order chi connectivity index (χ1) is 16.6. The van der Waals surface area contributed by atoms with Crippen LogP contribution in [0, 0.1) is 11.3 Å². The fourth-order valence-electron chi connectivity index (χ4n) is 3.87. The standard InChI is InChI=1S/C25H25N5O4/c1-3-4-13-29-23-21(24(31)28-25(29)32)30(16-17-8-6-5-7-9-17)22(27-23)18-10-11-19(34-14-12-26)20(15-18)33-2/h5-11,15H,3-4,13-14,16H2,1-2H3,(H,28,31,32). The van der Waals surface area contributed by atoms with Crippen LogP contribution in [-0.2, 0) is 13.1 Å². The summed E-state index contributed by atoms with van der Waals surface area (Å²) in [6.07, 6.45) is 1.67. The Kier molecular flexibility index (Phi) is 6.78. The van der Waals surface area contributed by atoms with E-state index >= 15 is 0 Å². The summed E-state index contributed by atoms with van der Waals surface area (Å²) in [6.45, 7) is 2.77. The number of ether oxygens (including phenoxy) is 2. The summed E-state index contributed by atoms with van der Waals surface area (Å²) in [5.74, 6) is 1.38. The van der Waals surface area contributed by atoms with E-state index in [9.17, 15) is 9.59 Å². The minimum atomic E-state index is -0.483. The van der Waals surface area contributed by atoms with Crippen LogP contribution in [0.25, 0.3) is 22.6 Å². The number of benzene rings is 2. The smallest absolute Gasteiger partial charge is 0.330 e. The van der Waals surface area contributed by atoms with Crippen LogP contribution in [0.4, 0.5) is 0 Å². The molecule has 0 bridgehead atoms. The SMILES string of the molecule is CCCCn1c(=O)[nH]c(=O)c2c1nc(-c1ccc(OCC#N)c(OC)c1)n2Cc1ccccc1. The zero-order chi connectivity index (χ0) is 24.1. The first-order valence-electron chi connectivity index (χ1n) is 11.0. The molecule has 0 radical (unpaired) electrons. The van der Waals surface area contributed by atoms with Crippen molar-refractivity contribution >= 4 is 11.2 Å². The molecule has 0 saturated carbocycles. The van der Waals surface area contributed by atoms with Crippen LogP contribution in [0.1, 0.15) is 25.3 Å². The number of nitrogens with one attached hydrogen (secondary N) is 1. The fourth-order valence-corrected chi connectivity index (χ4v) is 3.87. The van der Waals surface area contributed by atoms with Gasteiger partial charge in [-0.2, -0.15) is 5.26 Å². The van der Waals surface area contributed by atoms with Crippen molar-refractivity contribution in [3.8, 4) is 29.0 Å². The third-order valence-electron chi connectivity index (χ3n) is 5.52. The summed E-state index contributed by atoms with van der Waals surface area (Å²) in [5.41, 5.74) is 1.38. The maximum atomic E-state index is 13.0. The van der Waals surface area contributed by atoms with Crippen LogP contribution in [-0.4, -0.2) is 32.8 Å². The monoisotopic (exact) mass is 459 g/mol. The molecule has 0 aliphatic rings. The molecule has 0 spiro atoms. The van der Waals surface area contributed by atoms with Crippen molar-refractivity contribution in [3.63, 3.8) is 0 Å². The molecule has 2 heterocycles. The minimum Gasteiger partial charge on any atom is -0.493 e. The van der Waals surface area contributed by atoms with Crippen molar-refractivity contribution in [2.45, 2.75) is 32.9 Å². The number of fused-ring (bicyclic) bond motifs is 1. The van der Waals surface area contributed by atoms with E-state index in [0.717, 1.165) is 18.4 Å². The number of imidazole rings is 1. The highest BCUT2D eigenvalue weighted by Crippen LogP contribution is 2.33. The molecule has 2 aromatic carbocycles. The molecule has 9 heteroatoms. The Bertz CT molecular complexity index is 1460. The fraction of sp³-hybridized carbons (Fsp3) is 0.280.